The second-order valence-corrected chi connectivity index (χ2v) is 7.21. The molecule has 134 valence electrons. The zero-order chi connectivity index (χ0) is 17.4. The first kappa shape index (κ1) is 19.0. The van der Waals surface area contributed by atoms with Gasteiger partial charge in [-0.25, -0.2) is 0 Å². The lowest BCUT2D eigenvalue weighted by Gasteiger charge is -2.17. The first-order valence-corrected chi connectivity index (χ1v) is 9.36. The van der Waals surface area contributed by atoms with Crippen LogP contribution in [0.3, 0.4) is 0 Å². The number of nitrogens with one attached hydrogen (secondary N) is 1. The molecule has 0 fully saturated rings. The van der Waals surface area contributed by atoms with Crippen molar-refractivity contribution in [3.05, 3.63) is 41.0 Å². The lowest BCUT2D eigenvalue weighted by molar-refractivity contribution is 0.106. The van der Waals surface area contributed by atoms with Crippen molar-refractivity contribution in [2.24, 2.45) is 0 Å². The van der Waals surface area contributed by atoms with E-state index in [0.29, 0.717) is 19.1 Å². The number of rotatable bonds is 9. The molecule has 0 saturated heterocycles. The quantitative estimate of drug-likeness (QED) is 0.522. The van der Waals surface area contributed by atoms with Gasteiger partial charge in [0.2, 0.25) is 0 Å². The van der Waals surface area contributed by atoms with Gasteiger partial charge in [0.25, 0.3) is 0 Å². The Bertz CT molecular complexity index is 537. The molecule has 1 aliphatic rings. The first-order chi connectivity index (χ1) is 11.6. The Balaban J connectivity index is 1.68. The summed E-state index contributed by atoms with van der Waals surface area (Å²) in [5, 5.41) is 13.5. The highest BCUT2D eigenvalue weighted by Gasteiger charge is 2.09. The average Bonchev–Trinajstić information content (AvgIpc) is 2.58. The number of aliphatic hydroxyl groups is 1. The highest BCUT2D eigenvalue weighted by Crippen LogP contribution is 2.24. The largest absolute Gasteiger partial charge is 0.491 e. The van der Waals surface area contributed by atoms with Crippen LogP contribution in [0.25, 0.3) is 0 Å². The Morgan fingerprint density at radius 3 is 2.79 bits per heavy atom. The molecule has 2 N–H and O–H groups in total. The van der Waals surface area contributed by atoms with Crippen LogP contribution in [-0.2, 0) is 0 Å². The van der Waals surface area contributed by atoms with Crippen LogP contribution in [-0.4, -0.2) is 30.9 Å². The normalized spacial score (nSPS) is 16.1. The second kappa shape index (κ2) is 9.85. The fraction of sp³-hybridized carbons (Fsp3) is 0.619. The fourth-order valence-electron chi connectivity index (χ4n) is 3.03. The predicted octanol–water partition coefficient (Wildman–Crippen LogP) is 4.34. The number of aliphatic hydroxyl groups excluding tert-OH is 1. The molecule has 0 aromatic heterocycles. The molecule has 0 amide bonds. The first-order valence-electron chi connectivity index (χ1n) is 9.36. The molecule has 1 aliphatic carbocycles. The fourth-order valence-corrected chi connectivity index (χ4v) is 3.03. The van der Waals surface area contributed by atoms with E-state index >= 15 is 0 Å². The lowest BCUT2D eigenvalue weighted by atomic mass is 9.97. The van der Waals surface area contributed by atoms with Gasteiger partial charge in [0.1, 0.15) is 18.5 Å². The van der Waals surface area contributed by atoms with Crippen LogP contribution in [0.5, 0.6) is 5.75 Å². The summed E-state index contributed by atoms with van der Waals surface area (Å²) in [6.45, 7) is 8.24. The molecule has 0 aliphatic heterocycles. The van der Waals surface area contributed by atoms with E-state index in [-0.39, 0.29) is 0 Å². The average molecular weight is 332 g/mol. The summed E-state index contributed by atoms with van der Waals surface area (Å²) >= 11 is 0. The van der Waals surface area contributed by atoms with Crippen molar-refractivity contribution in [3.63, 3.8) is 0 Å². The molecule has 0 heterocycles. The molecular formula is C21H33NO2. The minimum absolute atomic E-state index is 0.331. The van der Waals surface area contributed by atoms with Gasteiger partial charge in [-0.3, -0.25) is 0 Å². The Morgan fingerprint density at radius 2 is 2.08 bits per heavy atom. The maximum atomic E-state index is 10.1. The molecule has 1 unspecified atom stereocenters. The van der Waals surface area contributed by atoms with Gasteiger partial charge >= 0.3 is 0 Å². The number of allylic oxidation sites excluding steroid dienone is 1. The zero-order valence-corrected chi connectivity index (χ0v) is 15.5. The Labute approximate surface area is 147 Å². The molecule has 2 rings (SSSR count). The standard InChI is InChI=1S/C21H33NO2/c1-16(2)19-10-9-17(3)21(13-19)24-15-20(23)14-22-12-11-18-7-5-4-6-8-18/h7,9-10,13,16,20,22-23H,4-6,8,11-12,14-15H2,1-3H3. The van der Waals surface area contributed by atoms with Gasteiger partial charge in [-0.2, -0.15) is 0 Å². The number of hydrogen-bond acceptors (Lipinski definition) is 3. The van der Waals surface area contributed by atoms with Crippen LogP contribution >= 0.6 is 0 Å². The van der Waals surface area contributed by atoms with E-state index < -0.39 is 6.10 Å². The van der Waals surface area contributed by atoms with E-state index in [1.54, 1.807) is 5.57 Å². The molecule has 1 aromatic rings. The van der Waals surface area contributed by atoms with Crippen LogP contribution in [0.4, 0.5) is 0 Å². The smallest absolute Gasteiger partial charge is 0.122 e. The Hall–Kier alpha value is -1.32. The molecule has 3 heteroatoms. The number of ether oxygens (including phenoxy) is 1. The Morgan fingerprint density at radius 1 is 1.25 bits per heavy atom. The van der Waals surface area contributed by atoms with Crippen LogP contribution < -0.4 is 10.1 Å². The van der Waals surface area contributed by atoms with E-state index in [1.165, 1.54) is 31.2 Å². The summed E-state index contributed by atoms with van der Waals surface area (Å²) in [5.74, 6) is 1.36. The van der Waals surface area contributed by atoms with Crippen molar-refractivity contribution < 1.29 is 9.84 Å². The van der Waals surface area contributed by atoms with Crippen molar-refractivity contribution in [1.29, 1.82) is 0 Å². The molecule has 1 aromatic carbocycles. The number of hydrogen-bond donors (Lipinski definition) is 2. The van der Waals surface area contributed by atoms with Crippen LogP contribution in [0, 0.1) is 6.92 Å². The van der Waals surface area contributed by atoms with Gasteiger partial charge in [0.15, 0.2) is 0 Å². The monoisotopic (exact) mass is 331 g/mol. The van der Waals surface area contributed by atoms with Crippen LogP contribution in [0.1, 0.15) is 63.0 Å². The minimum atomic E-state index is -0.479. The maximum absolute atomic E-state index is 10.1. The topological polar surface area (TPSA) is 41.5 Å². The van der Waals surface area contributed by atoms with Crippen molar-refractivity contribution >= 4 is 0 Å². The van der Waals surface area contributed by atoms with Crippen molar-refractivity contribution in [2.45, 2.75) is 64.9 Å². The molecule has 0 radical (unpaired) electrons. The highest BCUT2D eigenvalue weighted by atomic mass is 16.5. The lowest BCUT2D eigenvalue weighted by Crippen LogP contribution is -2.32. The molecule has 24 heavy (non-hydrogen) atoms. The maximum Gasteiger partial charge on any atom is 0.122 e. The second-order valence-electron chi connectivity index (χ2n) is 7.21. The number of aryl methyl sites for hydroxylation is 1. The van der Waals surface area contributed by atoms with E-state index in [2.05, 4.69) is 43.4 Å². The van der Waals surface area contributed by atoms with E-state index in [0.717, 1.165) is 24.3 Å². The SMILES string of the molecule is Cc1ccc(C(C)C)cc1OCC(O)CNCCC1=CCCCC1. The van der Waals surface area contributed by atoms with Crippen molar-refractivity contribution in [3.8, 4) is 5.75 Å². The molecule has 3 nitrogen and oxygen atoms in total. The van der Waals surface area contributed by atoms with Crippen molar-refractivity contribution in [1.82, 2.24) is 5.32 Å². The van der Waals surface area contributed by atoms with E-state index in [4.69, 9.17) is 4.74 Å². The third-order valence-corrected chi connectivity index (χ3v) is 4.70. The summed E-state index contributed by atoms with van der Waals surface area (Å²) in [6.07, 6.45) is 8.16. The summed E-state index contributed by atoms with van der Waals surface area (Å²) in [4.78, 5) is 0. The summed E-state index contributed by atoms with van der Waals surface area (Å²) in [7, 11) is 0. The Kier molecular flexibility index (Phi) is 7.80. The van der Waals surface area contributed by atoms with Gasteiger partial charge in [-0.1, -0.05) is 37.6 Å². The molecule has 0 bridgehead atoms. The van der Waals surface area contributed by atoms with Crippen LogP contribution in [0.2, 0.25) is 0 Å². The minimum Gasteiger partial charge on any atom is -0.491 e. The molecule has 1 atom stereocenters. The summed E-state index contributed by atoms with van der Waals surface area (Å²) in [6, 6.07) is 6.33. The van der Waals surface area contributed by atoms with Gasteiger partial charge in [0.05, 0.1) is 0 Å². The third-order valence-electron chi connectivity index (χ3n) is 4.70. The third kappa shape index (κ3) is 6.29. The van der Waals surface area contributed by atoms with Crippen molar-refractivity contribution in [2.75, 3.05) is 19.7 Å². The van der Waals surface area contributed by atoms with Gasteiger partial charge in [-0.05, 0) is 68.7 Å². The highest BCUT2D eigenvalue weighted by molar-refractivity contribution is 5.37. The van der Waals surface area contributed by atoms with Gasteiger partial charge in [-0.15, -0.1) is 0 Å². The zero-order valence-electron chi connectivity index (χ0n) is 15.5. The number of benzene rings is 1. The summed E-state index contributed by atoms with van der Waals surface area (Å²) < 4.78 is 5.84. The molecule has 0 saturated carbocycles. The summed E-state index contributed by atoms with van der Waals surface area (Å²) in [5.41, 5.74) is 3.95. The van der Waals surface area contributed by atoms with Gasteiger partial charge < -0.3 is 15.2 Å². The van der Waals surface area contributed by atoms with Crippen LogP contribution in [0.15, 0.2) is 29.8 Å². The van der Waals surface area contributed by atoms with E-state index in [1.807, 2.05) is 6.92 Å². The predicted molar refractivity (Wildman–Crippen MR) is 101 cm³/mol. The molecular weight excluding hydrogens is 298 g/mol. The van der Waals surface area contributed by atoms with E-state index in [9.17, 15) is 5.11 Å². The van der Waals surface area contributed by atoms with Gasteiger partial charge in [0, 0.05) is 6.54 Å². The molecule has 0 spiro atoms.